The van der Waals surface area contributed by atoms with Crippen LogP contribution >= 0.6 is 0 Å². The number of carbonyl (C=O) groups is 1. The minimum absolute atomic E-state index is 0.0392. The average Bonchev–Trinajstić information content (AvgIpc) is 2.37. The number of carboxylic acids is 1. The van der Waals surface area contributed by atoms with Gasteiger partial charge in [-0.2, -0.15) is 0 Å². The van der Waals surface area contributed by atoms with E-state index in [4.69, 9.17) is 10.8 Å². The molecule has 7 heteroatoms. The molecule has 0 amide bonds. The Kier molecular flexibility index (Phi) is 3.42. The van der Waals surface area contributed by atoms with Gasteiger partial charge in [-0.05, 0) is 5.10 Å². The standard InChI is InChI=1S/C11H11N5O2/c12-10-5-9(13-7-14-10)8-1-3-16(15-6-8)4-2-11(17)18/h1,3,5-7H,2,4H2,(H2-,12,13,14,17,18)/p+1. The highest BCUT2D eigenvalue weighted by Gasteiger charge is 2.08. The van der Waals surface area contributed by atoms with E-state index >= 15 is 0 Å². The second-order valence-corrected chi connectivity index (χ2v) is 3.65. The molecule has 2 heterocycles. The summed E-state index contributed by atoms with van der Waals surface area (Å²) in [4.78, 5) is 18.3. The predicted octanol–water partition coefficient (Wildman–Crippen LogP) is -0.117. The Hall–Kier alpha value is -2.57. The lowest BCUT2D eigenvalue weighted by Crippen LogP contribution is -2.38. The first-order valence-corrected chi connectivity index (χ1v) is 5.30. The lowest BCUT2D eigenvalue weighted by molar-refractivity contribution is -0.752. The topological polar surface area (TPSA) is 106 Å². The van der Waals surface area contributed by atoms with Crippen LogP contribution in [-0.2, 0) is 11.3 Å². The second kappa shape index (κ2) is 5.17. The Labute approximate surface area is 103 Å². The van der Waals surface area contributed by atoms with Gasteiger partial charge in [0.1, 0.15) is 24.8 Å². The molecule has 2 aromatic heterocycles. The first-order chi connectivity index (χ1) is 8.65. The molecule has 0 aliphatic heterocycles. The Morgan fingerprint density at radius 1 is 1.44 bits per heavy atom. The highest BCUT2D eigenvalue weighted by molar-refractivity contribution is 5.66. The van der Waals surface area contributed by atoms with Crippen LogP contribution in [-0.4, -0.2) is 26.1 Å². The van der Waals surface area contributed by atoms with Gasteiger partial charge >= 0.3 is 5.97 Å². The number of aromatic nitrogens is 4. The molecule has 0 aliphatic carbocycles. The molecule has 92 valence electrons. The number of anilines is 1. The Morgan fingerprint density at radius 2 is 2.28 bits per heavy atom. The highest BCUT2D eigenvalue weighted by Crippen LogP contribution is 2.14. The Balaban J connectivity index is 2.14. The molecule has 0 radical (unpaired) electrons. The predicted molar refractivity (Wildman–Crippen MR) is 62.1 cm³/mol. The summed E-state index contributed by atoms with van der Waals surface area (Å²) >= 11 is 0. The molecule has 0 saturated heterocycles. The number of hydrogen-bond donors (Lipinski definition) is 2. The third kappa shape index (κ3) is 2.97. The van der Waals surface area contributed by atoms with Crippen molar-refractivity contribution in [3.63, 3.8) is 0 Å². The largest absolute Gasteiger partial charge is 0.481 e. The smallest absolute Gasteiger partial charge is 0.309 e. The molecule has 3 N–H and O–H groups in total. The van der Waals surface area contributed by atoms with Crippen molar-refractivity contribution in [3.8, 4) is 11.3 Å². The summed E-state index contributed by atoms with van der Waals surface area (Å²) in [6.45, 7) is 0.335. The number of nitrogens with zero attached hydrogens (tertiary/aromatic N) is 4. The van der Waals surface area contributed by atoms with Gasteiger partial charge in [0.25, 0.3) is 0 Å². The van der Waals surface area contributed by atoms with Crippen LogP contribution in [0.1, 0.15) is 6.42 Å². The van der Waals surface area contributed by atoms with Gasteiger partial charge in [-0.3, -0.25) is 4.79 Å². The molecule has 0 bridgehead atoms. The van der Waals surface area contributed by atoms with Crippen molar-refractivity contribution in [3.05, 3.63) is 30.9 Å². The number of aliphatic carboxylic acids is 1. The van der Waals surface area contributed by atoms with Crippen molar-refractivity contribution < 1.29 is 14.6 Å². The molecule has 2 rings (SSSR count). The maximum atomic E-state index is 10.4. The van der Waals surface area contributed by atoms with Crippen LogP contribution in [0.25, 0.3) is 11.3 Å². The number of nitrogen functional groups attached to an aromatic ring is 1. The lowest BCUT2D eigenvalue weighted by Gasteiger charge is -1.99. The van der Waals surface area contributed by atoms with Crippen LogP contribution < -0.4 is 10.4 Å². The number of nitrogens with two attached hydrogens (primary N) is 1. The summed E-state index contributed by atoms with van der Waals surface area (Å²) in [7, 11) is 0. The van der Waals surface area contributed by atoms with E-state index in [9.17, 15) is 4.79 Å². The van der Waals surface area contributed by atoms with E-state index in [-0.39, 0.29) is 6.42 Å². The first-order valence-electron chi connectivity index (χ1n) is 5.30. The van der Waals surface area contributed by atoms with E-state index in [0.717, 1.165) is 5.56 Å². The molecular weight excluding hydrogens is 234 g/mol. The lowest BCUT2D eigenvalue weighted by atomic mass is 10.2. The van der Waals surface area contributed by atoms with Crippen LogP contribution in [0.5, 0.6) is 0 Å². The Bertz CT molecular complexity index is 556. The van der Waals surface area contributed by atoms with E-state index in [1.807, 2.05) is 0 Å². The molecule has 0 saturated carbocycles. The third-order valence-electron chi connectivity index (χ3n) is 2.31. The van der Waals surface area contributed by atoms with E-state index in [1.165, 1.54) is 6.33 Å². The molecule has 0 unspecified atom stereocenters. The zero-order chi connectivity index (χ0) is 13.0. The molecule has 0 aromatic carbocycles. The van der Waals surface area contributed by atoms with E-state index in [1.54, 1.807) is 29.2 Å². The van der Waals surface area contributed by atoms with Gasteiger partial charge < -0.3 is 10.8 Å². The van der Waals surface area contributed by atoms with Gasteiger partial charge in [0, 0.05) is 17.7 Å². The fourth-order valence-corrected chi connectivity index (χ4v) is 1.41. The monoisotopic (exact) mass is 246 g/mol. The van der Waals surface area contributed by atoms with Crippen LogP contribution in [0.3, 0.4) is 0 Å². The molecule has 0 aliphatic rings. The first kappa shape index (κ1) is 11.9. The fourth-order valence-electron chi connectivity index (χ4n) is 1.41. The van der Waals surface area contributed by atoms with Gasteiger partial charge in [-0.1, -0.05) is 4.68 Å². The molecule has 18 heavy (non-hydrogen) atoms. The summed E-state index contributed by atoms with van der Waals surface area (Å²) < 4.78 is 1.56. The maximum absolute atomic E-state index is 10.4. The average molecular weight is 246 g/mol. The minimum atomic E-state index is -0.850. The van der Waals surface area contributed by atoms with Crippen molar-refractivity contribution in [2.75, 3.05) is 5.73 Å². The van der Waals surface area contributed by atoms with Gasteiger partial charge in [0.15, 0.2) is 12.7 Å². The van der Waals surface area contributed by atoms with Crippen LogP contribution in [0, 0.1) is 0 Å². The van der Waals surface area contributed by atoms with Crippen LogP contribution in [0.15, 0.2) is 30.9 Å². The summed E-state index contributed by atoms with van der Waals surface area (Å²) in [5, 5.41) is 12.7. The number of carboxylic acid groups (broad SMARTS) is 1. The quantitative estimate of drug-likeness (QED) is 0.729. The van der Waals surface area contributed by atoms with E-state index in [2.05, 4.69) is 15.1 Å². The number of rotatable bonds is 4. The van der Waals surface area contributed by atoms with E-state index < -0.39 is 5.97 Å². The van der Waals surface area contributed by atoms with Crippen molar-refractivity contribution in [1.29, 1.82) is 0 Å². The molecule has 7 nitrogen and oxygen atoms in total. The fraction of sp³-hybridized carbons (Fsp3) is 0.182. The van der Waals surface area contributed by atoms with Gasteiger partial charge in [-0.25, -0.2) is 9.97 Å². The molecule has 0 atom stereocenters. The SMILES string of the molecule is Nc1cc(-c2cc[n+](CCC(=O)O)nc2)ncn1. The summed E-state index contributed by atoms with van der Waals surface area (Å²) in [6, 6.07) is 3.45. The van der Waals surface area contributed by atoms with Gasteiger partial charge in [0.2, 0.25) is 0 Å². The zero-order valence-electron chi connectivity index (χ0n) is 9.52. The summed E-state index contributed by atoms with van der Waals surface area (Å²) in [5.41, 5.74) is 7.05. The van der Waals surface area contributed by atoms with Crippen LogP contribution in [0.4, 0.5) is 5.82 Å². The van der Waals surface area contributed by atoms with Gasteiger partial charge in [-0.15, -0.1) is 0 Å². The molecular formula is C11H12N5O2+. The zero-order valence-corrected chi connectivity index (χ0v) is 9.52. The van der Waals surface area contributed by atoms with E-state index in [0.29, 0.717) is 18.1 Å². The molecule has 0 fully saturated rings. The van der Waals surface area contributed by atoms with Crippen molar-refractivity contribution in [1.82, 2.24) is 15.1 Å². The molecule has 2 aromatic rings. The minimum Gasteiger partial charge on any atom is -0.481 e. The van der Waals surface area contributed by atoms with Gasteiger partial charge in [0.05, 0.1) is 5.69 Å². The van der Waals surface area contributed by atoms with Crippen molar-refractivity contribution in [2.24, 2.45) is 0 Å². The highest BCUT2D eigenvalue weighted by atomic mass is 16.4. The molecule has 0 spiro atoms. The summed E-state index contributed by atoms with van der Waals surface area (Å²) in [5.74, 6) is -0.459. The van der Waals surface area contributed by atoms with Crippen LogP contribution in [0.2, 0.25) is 0 Å². The maximum Gasteiger partial charge on any atom is 0.309 e. The second-order valence-electron chi connectivity index (χ2n) is 3.65. The van der Waals surface area contributed by atoms with Crippen molar-refractivity contribution in [2.45, 2.75) is 13.0 Å². The summed E-state index contributed by atoms with van der Waals surface area (Å²) in [6.07, 6.45) is 4.74. The Morgan fingerprint density at radius 3 is 2.89 bits per heavy atom. The normalized spacial score (nSPS) is 10.2. The number of aryl methyl sites for hydroxylation is 1. The number of hydrogen-bond acceptors (Lipinski definition) is 5. The third-order valence-corrected chi connectivity index (χ3v) is 2.31. The van der Waals surface area contributed by atoms with Crippen molar-refractivity contribution >= 4 is 11.8 Å².